The van der Waals surface area contributed by atoms with Crippen molar-refractivity contribution in [3.63, 3.8) is 0 Å². The highest BCUT2D eigenvalue weighted by atomic mass is 14.8. The number of nitrogens with one attached hydrogen (secondary N) is 2. The summed E-state index contributed by atoms with van der Waals surface area (Å²) in [6, 6.07) is 0. The average molecular weight is 150 g/mol. The molecule has 60 valence electrons. The molecule has 0 rings (SSSR count). The van der Waals surface area contributed by atoms with E-state index in [0.29, 0.717) is 0 Å². The van der Waals surface area contributed by atoms with Crippen LogP contribution >= 0.6 is 0 Å². The highest BCUT2D eigenvalue weighted by Gasteiger charge is 1.81. The van der Waals surface area contributed by atoms with Gasteiger partial charge in [0.2, 0.25) is 0 Å². The van der Waals surface area contributed by atoms with E-state index in [9.17, 15) is 0 Å². The minimum Gasteiger partial charge on any atom is -0.365 e. The van der Waals surface area contributed by atoms with E-state index in [0.717, 1.165) is 11.3 Å². The van der Waals surface area contributed by atoms with E-state index in [2.05, 4.69) is 11.9 Å². The zero-order chi connectivity index (χ0) is 8.69. The smallest absolute Gasteiger partial charge is 0.0194 e. The SMILES string of the molecule is C=C/C(C)=C\N/C(C)=C\C=N. The second-order valence-electron chi connectivity index (χ2n) is 2.25. The Hall–Kier alpha value is -1.31. The van der Waals surface area contributed by atoms with Gasteiger partial charge in [-0.15, -0.1) is 0 Å². The van der Waals surface area contributed by atoms with E-state index in [4.69, 9.17) is 5.41 Å². The largest absolute Gasteiger partial charge is 0.365 e. The van der Waals surface area contributed by atoms with Crippen molar-refractivity contribution in [1.29, 1.82) is 5.41 Å². The van der Waals surface area contributed by atoms with E-state index in [1.165, 1.54) is 6.21 Å². The molecular weight excluding hydrogens is 136 g/mol. The first-order chi connectivity index (χ1) is 5.20. The van der Waals surface area contributed by atoms with Crippen molar-refractivity contribution in [3.05, 3.63) is 36.2 Å². The van der Waals surface area contributed by atoms with Crippen LogP contribution in [0.4, 0.5) is 0 Å². The van der Waals surface area contributed by atoms with Gasteiger partial charge in [-0.3, -0.25) is 0 Å². The molecule has 0 aromatic carbocycles. The maximum atomic E-state index is 6.78. The third-order valence-electron chi connectivity index (χ3n) is 1.18. The quantitative estimate of drug-likeness (QED) is 0.468. The third kappa shape index (κ3) is 5.15. The molecule has 2 heteroatoms. The molecule has 0 saturated carbocycles. The molecule has 0 aromatic rings. The Morgan fingerprint density at radius 1 is 1.45 bits per heavy atom. The van der Waals surface area contributed by atoms with Gasteiger partial charge in [0.05, 0.1) is 0 Å². The van der Waals surface area contributed by atoms with E-state index in [1.807, 2.05) is 20.0 Å². The van der Waals surface area contributed by atoms with Crippen molar-refractivity contribution >= 4 is 6.21 Å². The maximum Gasteiger partial charge on any atom is 0.0194 e. The van der Waals surface area contributed by atoms with Gasteiger partial charge in [0.25, 0.3) is 0 Å². The van der Waals surface area contributed by atoms with Crippen LogP contribution in [0.3, 0.4) is 0 Å². The van der Waals surface area contributed by atoms with Gasteiger partial charge >= 0.3 is 0 Å². The van der Waals surface area contributed by atoms with Gasteiger partial charge in [-0.05, 0) is 25.5 Å². The highest BCUT2D eigenvalue weighted by molar-refractivity contribution is 5.68. The minimum atomic E-state index is 0.946. The van der Waals surface area contributed by atoms with Gasteiger partial charge in [-0.25, -0.2) is 0 Å². The van der Waals surface area contributed by atoms with E-state index in [-0.39, 0.29) is 0 Å². The summed E-state index contributed by atoms with van der Waals surface area (Å²) in [6.07, 6.45) is 6.55. The molecule has 0 spiro atoms. The Balaban J connectivity index is 3.96. The summed E-state index contributed by atoms with van der Waals surface area (Å²) >= 11 is 0. The molecule has 0 bridgehead atoms. The molecule has 0 atom stereocenters. The fourth-order valence-electron chi connectivity index (χ4n) is 0.460. The lowest BCUT2D eigenvalue weighted by molar-refractivity contribution is 1.05. The van der Waals surface area contributed by atoms with Gasteiger partial charge in [0, 0.05) is 18.1 Å². The molecule has 0 aliphatic carbocycles. The lowest BCUT2D eigenvalue weighted by Gasteiger charge is -1.98. The molecule has 0 unspecified atom stereocenters. The van der Waals surface area contributed by atoms with Crippen molar-refractivity contribution in [2.75, 3.05) is 0 Å². The molecule has 0 aliphatic heterocycles. The number of hydrogen-bond acceptors (Lipinski definition) is 2. The van der Waals surface area contributed by atoms with Crippen LogP contribution in [-0.4, -0.2) is 6.21 Å². The summed E-state index contributed by atoms with van der Waals surface area (Å²) in [5.74, 6) is 0. The van der Waals surface area contributed by atoms with Crippen molar-refractivity contribution in [1.82, 2.24) is 5.32 Å². The summed E-state index contributed by atoms with van der Waals surface area (Å²) < 4.78 is 0. The third-order valence-corrected chi connectivity index (χ3v) is 1.18. The Labute approximate surface area is 67.8 Å². The van der Waals surface area contributed by atoms with Crippen molar-refractivity contribution in [3.8, 4) is 0 Å². The first kappa shape index (κ1) is 9.69. The van der Waals surface area contributed by atoms with E-state index in [1.54, 1.807) is 12.2 Å². The van der Waals surface area contributed by atoms with E-state index >= 15 is 0 Å². The zero-order valence-corrected chi connectivity index (χ0v) is 7.02. The Bertz CT molecular complexity index is 200. The van der Waals surface area contributed by atoms with Crippen molar-refractivity contribution in [2.45, 2.75) is 13.8 Å². The van der Waals surface area contributed by atoms with Crippen LogP contribution in [0.5, 0.6) is 0 Å². The van der Waals surface area contributed by atoms with Gasteiger partial charge in [0.15, 0.2) is 0 Å². The van der Waals surface area contributed by atoms with Crippen LogP contribution in [0, 0.1) is 5.41 Å². The van der Waals surface area contributed by atoms with Crippen LogP contribution in [-0.2, 0) is 0 Å². The number of allylic oxidation sites excluding steroid dienone is 4. The summed E-state index contributed by atoms with van der Waals surface area (Å²) in [7, 11) is 0. The second kappa shape index (κ2) is 5.47. The van der Waals surface area contributed by atoms with Crippen LogP contribution in [0.2, 0.25) is 0 Å². The maximum absolute atomic E-state index is 6.78. The van der Waals surface area contributed by atoms with Gasteiger partial charge < -0.3 is 10.7 Å². The minimum absolute atomic E-state index is 0.946. The first-order valence-electron chi connectivity index (χ1n) is 3.43. The second-order valence-corrected chi connectivity index (χ2v) is 2.25. The van der Waals surface area contributed by atoms with Crippen molar-refractivity contribution in [2.24, 2.45) is 0 Å². The summed E-state index contributed by atoms with van der Waals surface area (Å²) in [4.78, 5) is 0. The molecule has 0 heterocycles. The van der Waals surface area contributed by atoms with Crippen LogP contribution in [0.25, 0.3) is 0 Å². The average Bonchev–Trinajstić information content (AvgIpc) is 2.01. The fourth-order valence-corrected chi connectivity index (χ4v) is 0.460. The fraction of sp³-hybridized carbons (Fsp3) is 0.222. The predicted octanol–water partition coefficient (Wildman–Crippen LogP) is 2.22. The van der Waals surface area contributed by atoms with Gasteiger partial charge in [-0.1, -0.05) is 12.7 Å². The predicted molar refractivity (Wildman–Crippen MR) is 49.6 cm³/mol. The van der Waals surface area contributed by atoms with E-state index < -0.39 is 0 Å². The lowest BCUT2D eigenvalue weighted by Crippen LogP contribution is -2.01. The molecular formula is C9H14N2. The molecule has 0 radical (unpaired) electrons. The van der Waals surface area contributed by atoms with Gasteiger partial charge in [0.1, 0.15) is 0 Å². The van der Waals surface area contributed by atoms with Crippen molar-refractivity contribution < 1.29 is 0 Å². The Morgan fingerprint density at radius 2 is 2.09 bits per heavy atom. The molecule has 0 saturated heterocycles. The van der Waals surface area contributed by atoms with Gasteiger partial charge in [-0.2, -0.15) is 0 Å². The Morgan fingerprint density at radius 3 is 2.55 bits per heavy atom. The molecule has 0 fully saturated rings. The highest BCUT2D eigenvalue weighted by Crippen LogP contribution is 1.91. The monoisotopic (exact) mass is 150 g/mol. The lowest BCUT2D eigenvalue weighted by atomic mass is 10.3. The molecule has 11 heavy (non-hydrogen) atoms. The van der Waals surface area contributed by atoms with Crippen LogP contribution in [0.15, 0.2) is 36.2 Å². The molecule has 0 aliphatic rings. The standard InChI is InChI=1S/C9H14N2/c1-4-8(2)7-11-9(3)5-6-10/h4-7,10-11H,1H2,2-3H3/b8-7-,9-5-,10-6?. The number of rotatable bonds is 4. The zero-order valence-electron chi connectivity index (χ0n) is 7.02. The number of hydrogen-bond donors (Lipinski definition) is 2. The summed E-state index contributed by atoms with van der Waals surface area (Å²) in [6.45, 7) is 7.47. The summed E-state index contributed by atoms with van der Waals surface area (Å²) in [5.41, 5.74) is 2.02. The first-order valence-corrected chi connectivity index (χ1v) is 3.43. The summed E-state index contributed by atoms with van der Waals surface area (Å²) in [5, 5.41) is 9.79. The topological polar surface area (TPSA) is 35.9 Å². The molecule has 0 aromatic heterocycles. The Kier molecular flexibility index (Phi) is 4.82. The van der Waals surface area contributed by atoms with Crippen LogP contribution < -0.4 is 5.32 Å². The van der Waals surface area contributed by atoms with Crippen LogP contribution in [0.1, 0.15) is 13.8 Å². The normalized spacial score (nSPS) is 12.5. The molecule has 2 nitrogen and oxygen atoms in total. The molecule has 2 N–H and O–H groups in total. The molecule has 0 amide bonds.